The number of aliphatic imine (C=N–C) groups is 1. The van der Waals surface area contributed by atoms with Gasteiger partial charge in [-0.2, -0.15) is 0 Å². The van der Waals surface area contributed by atoms with Crippen molar-refractivity contribution in [1.29, 1.82) is 0 Å². The highest BCUT2D eigenvalue weighted by Crippen LogP contribution is 2.10. The first-order valence-electron chi connectivity index (χ1n) is 8.87. The van der Waals surface area contributed by atoms with Crippen molar-refractivity contribution in [3.63, 3.8) is 0 Å². The molecular weight excluding hydrogens is 433 g/mol. The lowest BCUT2D eigenvalue weighted by Crippen LogP contribution is -2.45. The lowest BCUT2D eigenvalue weighted by molar-refractivity contribution is -0.129. The molecule has 1 saturated heterocycles. The van der Waals surface area contributed by atoms with Crippen LogP contribution in [0, 0.1) is 0 Å². The number of nitrogens with one attached hydrogen (secondary N) is 2. The summed E-state index contributed by atoms with van der Waals surface area (Å²) in [5.41, 5.74) is 0. The lowest BCUT2D eigenvalue weighted by atomic mass is 10.3. The fourth-order valence-corrected chi connectivity index (χ4v) is 2.85. The van der Waals surface area contributed by atoms with Crippen LogP contribution < -0.4 is 10.6 Å². The summed E-state index contributed by atoms with van der Waals surface area (Å²) in [6, 6.07) is 0.263. The number of likely N-dealkylation sites (tertiary alicyclic amines) is 1. The minimum Gasteiger partial charge on any atom is -0.357 e. The Bertz CT molecular complexity index is 560. The van der Waals surface area contributed by atoms with Crippen LogP contribution >= 0.6 is 24.0 Å². The first-order chi connectivity index (χ1) is 11.7. The van der Waals surface area contributed by atoms with Crippen molar-refractivity contribution in [3.8, 4) is 0 Å². The van der Waals surface area contributed by atoms with Crippen molar-refractivity contribution in [3.05, 3.63) is 12.2 Å². The zero-order valence-electron chi connectivity index (χ0n) is 15.4. The van der Waals surface area contributed by atoms with Gasteiger partial charge in [0.1, 0.15) is 12.2 Å². The molecule has 0 saturated carbocycles. The summed E-state index contributed by atoms with van der Waals surface area (Å²) in [5, 5.41) is 14.7. The Morgan fingerprint density at radius 1 is 1.40 bits per heavy atom. The molecule has 0 aromatic carbocycles. The van der Waals surface area contributed by atoms with Gasteiger partial charge >= 0.3 is 0 Å². The summed E-state index contributed by atoms with van der Waals surface area (Å²) >= 11 is 0. The zero-order chi connectivity index (χ0) is 17.4. The van der Waals surface area contributed by atoms with Gasteiger partial charge in [-0.1, -0.05) is 13.8 Å². The topological polar surface area (TPSA) is 87.4 Å². The van der Waals surface area contributed by atoms with E-state index in [-0.39, 0.29) is 35.9 Å². The van der Waals surface area contributed by atoms with Crippen molar-refractivity contribution in [1.82, 2.24) is 30.3 Å². The van der Waals surface area contributed by atoms with E-state index in [1.54, 1.807) is 6.33 Å². The molecule has 142 valence electrons. The molecule has 1 unspecified atom stereocenters. The van der Waals surface area contributed by atoms with E-state index in [9.17, 15) is 4.79 Å². The number of halogens is 1. The van der Waals surface area contributed by atoms with E-state index >= 15 is 0 Å². The van der Waals surface area contributed by atoms with E-state index in [0.717, 1.165) is 50.8 Å². The van der Waals surface area contributed by atoms with Gasteiger partial charge in [0.2, 0.25) is 5.91 Å². The maximum atomic E-state index is 11.8. The fraction of sp³-hybridized carbons (Fsp3) is 0.750. The number of nitrogens with zero attached hydrogens (tertiary/aromatic N) is 5. The molecule has 2 N–H and O–H groups in total. The Morgan fingerprint density at radius 3 is 2.88 bits per heavy atom. The fourth-order valence-electron chi connectivity index (χ4n) is 2.85. The Balaban J connectivity index is 0.00000312. The van der Waals surface area contributed by atoms with Crippen molar-refractivity contribution in [2.45, 2.75) is 52.6 Å². The van der Waals surface area contributed by atoms with Gasteiger partial charge in [-0.25, -0.2) is 0 Å². The van der Waals surface area contributed by atoms with E-state index < -0.39 is 0 Å². The van der Waals surface area contributed by atoms with Gasteiger partial charge in [0.15, 0.2) is 5.96 Å². The monoisotopic (exact) mass is 463 g/mol. The first-order valence-corrected chi connectivity index (χ1v) is 8.87. The van der Waals surface area contributed by atoms with Crippen molar-refractivity contribution >= 4 is 35.8 Å². The number of guanidine groups is 1. The second-order valence-corrected chi connectivity index (χ2v) is 5.88. The van der Waals surface area contributed by atoms with Crippen LogP contribution in [0.4, 0.5) is 0 Å². The SMILES string of the molecule is CCNC(=NCCn1cnnc1CC)NC1CCN(C(=O)CC)C1.I. The van der Waals surface area contributed by atoms with Crippen molar-refractivity contribution < 1.29 is 4.79 Å². The predicted octanol–water partition coefficient (Wildman–Crippen LogP) is 1.02. The molecule has 0 radical (unpaired) electrons. The molecule has 8 nitrogen and oxygen atoms in total. The van der Waals surface area contributed by atoms with Crippen LogP contribution in [-0.2, 0) is 17.8 Å². The molecule has 25 heavy (non-hydrogen) atoms. The average Bonchev–Trinajstić information content (AvgIpc) is 3.23. The molecule has 1 aliphatic rings. The van der Waals surface area contributed by atoms with Crippen LogP contribution in [0.15, 0.2) is 11.3 Å². The maximum absolute atomic E-state index is 11.8. The zero-order valence-corrected chi connectivity index (χ0v) is 17.7. The van der Waals surface area contributed by atoms with E-state index in [1.165, 1.54) is 0 Å². The number of hydrogen-bond donors (Lipinski definition) is 2. The first kappa shape index (κ1) is 21.7. The van der Waals surface area contributed by atoms with Crippen LogP contribution in [0.25, 0.3) is 0 Å². The molecule has 1 atom stereocenters. The van der Waals surface area contributed by atoms with Crippen LogP contribution in [0.1, 0.15) is 39.4 Å². The molecule has 0 bridgehead atoms. The van der Waals surface area contributed by atoms with Gasteiger partial charge < -0.3 is 20.1 Å². The molecule has 2 rings (SSSR count). The van der Waals surface area contributed by atoms with E-state index in [2.05, 4.69) is 32.7 Å². The molecule has 1 aromatic heterocycles. The normalized spacial score (nSPS) is 17.3. The molecule has 2 heterocycles. The number of carbonyl (C=O) groups is 1. The number of aryl methyl sites for hydroxylation is 1. The van der Waals surface area contributed by atoms with Gasteiger partial charge in [0.25, 0.3) is 0 Å². The molecule has 1 fully saturated rings. The summed E-state index contributed by atoms with van der Waals surface area (Å²) in [4.78, 5) is 18.3. The van der Waals surface area contributed by atoms with Crippen LogP contribution in [0.5, 0.6) is 0 Å². The smallest absolute Gasteiger partial charge is 0.222 e. The Morgan fingerprint density at radius 2 is 2.20 bits per heavy atom. The van der Waals surface area contributed by atoms with Crippen molar-refractivity contribution in [2.75, 3.05) is 26.2 Å². The molecule has 1 aliphatic heterocycles. The summed E-state index contributed by atoms with van der Waals surface area (Å²) in [7, 11) is 0. The average molecular weight is 463 g/mol. The molecule has 0 spiro atoms. The van der Waals surface area contributed by atoms with Gasteiger partial charge in [-0.05, 0) is 13.3 Å². The predicted molar refractivity (Wildman–Crippen MR) is 109 cm³/mol. The number of rotatable bonds is 7. The number of carbonyl (C=O) groups excluding carboxylic acids is 1. The molecule has 1 aromatic rings. The highest BCUT2D eigenvalue weighted by molar-refractivity contribution is 14.0. The number of amides is 1. The quantitative estimate of drug-likeness (QED) is 0.358. The van der Waals surface area contributed by atoms with Gasteiger partial charge in [-0.3, -0.25) is 9.79 Å². The second-order valence-electron chi connectivity index (χ2n) is 5.88. The Hall–Kier alpha value is -1.39. The molecular formula is C16H30IN7O. The Labute approximate surface area is 166 Å². The minimum atomic E-state index is 0. The minimum absolute atomic E-state index is 0. The number of hydrogen-bond acceptors (Lipinski definition) is 4. The largest absolute Gasteiger partial charge is 0.357 e. The van der Waals surface area contributed by atoms with E-state index in [4.69, 9.17) is 0 Å². The summed E-state index contributed by atoms with van der Waals surface area (Å²) in [6.07, 6.45) is 4.15. The summed E-state index contributed by atoms with van der Waals surface area (Å²) in [5.74, 6) is 2.01. The highest BCUT2D eigenvalue weighted by atomic mass is 127. The highest BCUT2D eigenvalue weighted by Gasteiger charge is 2.25. The summed E-state index contributed by atoms with van der Waals surface area (Å²) in [6.45, 7) is 9.83. The molecule has 0 aliphatic carbocycles. The van der Waals surface area contributed by atoms with Crippen molar-refractivity contribution in [2.24, 2.45) is 4.99 Å². The maximum Gasteiger partial charge on any atom is 0.222 e. The third kappa shape index (κ3) is 6.44. The van der Waals surface area contributed by atoms with Gasteiger partial charge in [0.05, 0.1) is 6.54 Å². The van der Waals surface area contributed by atoms with Gasteiger partial charge in [0, 0.05) is 45.1 Å². The third-order valence-electron chi connectivity index (χ3n) is 4.15. The Kier molecular flexibility index (Phi) is 9.76. The van der Waals surface area contributed by atoms with Gasteiger partial charge in [-0.15, -0.1) is 34.2 Å². The standard InChI is InChI=1S/C16H29N7O.HI/c1-4-14-21-19-12-23(14)10-8-18-16(17-6-3)20-13-7-9-22(11-13)15(24)5-2;/h12-13H,4-11H2,1-3H3,(H2,17,18,20);1H. The molecule has 1 amide bonds. The third-order valence-corrected chi connectivity index (χ3v) is 4.15. The number of aromatic nitrogens is 3. The summed E-state index contributed by atoms with van der Waals surface area (Å²) < 4.78 is 2.03. The second kappa shape index (κ2) is 11.3. The van der Waals surface area contributed by atoms with E-state index in [0.29, 0.717) is 13.0 Å². The molecule has 9 heteroatoms. The van der Waals surface area contributed by atoms with E-state index in [1.807, 2.05) is 23.3 Å². The van der Waals surface area contributed by atoms with Crippen LogP contribution in [0.2, 0.25) is 0 Å². The van der Waals surface area contributed by atoms with Crippen LogP contribution in [-0.4, -0.2) is 63.8 Å². The van der Waals surface area contributed by atoms with Crippen LogP contribution in [0.3, 0.4) is 0 Å². The lowest BCUT2D eigenvalue weighted by Gasteiger charge is -2.18.